The first-order valence-electron chi connectivity index (χ1n) is 9.58. The first kappa shape index (κ1) is 21.8. The van der Waals surface area contributed by atoms with Gasteiger partial charge in [0.05, 0.1) is 18.9 Å². The maximum atomic E-state index is 14.0. The van der Waals surface area contributed by atoms with Gasteiger partial charge < -0.3 is 14.7 Å². The fraction of sp³-hybridized carbons (Fsp3) is 0.250. The maximum absolute atomic E-state index is 14.0. The van der Waals surface area contributed by atoms with Gasteiger partial charge in [-0.15, -0.1) is 0 Å². The van der Waals surface area contributed by atoms with Crippen molar-refractivity contribution in [2.24, 2.45) is 0 Å². The van der Waals surface area contributed by atoms with Gasteiger partial charge in [0.1, 0.15) is 34.4 Å². The molecule has 0 radical (unpaired) electrons. The van der Waals surface area contributed by atoms with Gasteiger partial charge in [-0.05, 0) is 25.1 Å². The molecule has 0 bridgehead atoms. The van der Waals surface area contributed by atoms with Gasteiger partial charge >= 0.3 is 0 Å². The van der Waals surface area contributed by atoms with E-state index in [1.165, 1.54) is 18.6 Å². The molecule has 2 aromatic heterocycles. The number of pyridine rings is 1. The minimum atomic E-state index is -4.47. The molecule has 3 heterocycles. The van der Waals surface area contributed by atoms with Gasteiger partial charge in [-0.2, -0.15) is 0 Å². The van der Waals surface area contributed by atoms with Crippen molar-refractivity contribution in [1.82, 2.24) is 15.0 Å². The highest BCUT2D eigenvalue weighted by atomic mass is 32.2. The molecule has 0 amide bonds. The van der Waals surface area contributed by atoms with Gasteiger partial charge in [0.2, 0.25) is 5.88 Å². The van der Waals surface area contributed by atoms with Gasteiger partial charge in [0.15, 0.2) is 0 Å². The fourth-order valence-electron chi connectivity index (χ4n) is 3.38. The maximum Gasteiger partial charge on any atom is 0.264 e. The topological polar surface area (TPSA) is 118 Å². The van der Waals surface area contributed by atoms with Crippen LogP contribution in [0.25, 0.3) is 11.1 Å². The molecule has 0 saturated carbocycles. The average molecular weight is 463 g/mol. The zero-order chi connectivity index (χ0) is 22.9. The number of halogens is 2. The lowest BCUT2D eigenvalue weighted by molar-refractivity contribution is 0.122. The quantitative estimate of drug-likeness (QED) is 0.593. The Morgan fingerprint density at radius 2 is 1.88 bits per heavy atom. The molecule has 2 N–H and O–H groups in total. The molecule has 1 aliphatic heterocycles. The third-order valence-corrected chi connectivity index (χ3v) is 6.31. The number of nitrogens with zero attached hydrogens (tertiary/aromatic N) is 4. The normalized spacial score (nSPS) is 14.4. The van der Waals surface area contributed by atoms with Crippen molar-refractivity contribution in [3.8, 4) is 17.0 Å². The number of rotatable bonds is 5. The number of sulfonamides is 1. The minimum absolute atomic E-state index is 0.276. The molecule has 12 heteroatoms. The SMILES string of the molecule is Cc1ncnc(N2CCOCC2)c1-c1cnc(O)c(NS(=O)(=O)c2ccc(F)cc2F)c1. The monoisotopic (exact) mass is 463 g/mol. The van der Waals surface area contributed by atoms with Gasteiger partial charge in [-0.1, -0.05) is 0 Å². The van der Waals surface area contributed by atoms with E-state index in [2.05, 4.69) is 19.7 Å². The van der Waals surface area contributed by atoms with Crippen molar-refractivity contribution in [1.29, 1.82) is 0 Å². The number of aromatic hydroxyl groups is 1. The minimum Gasteiger partial charge on any atom is -0.492 e. The molecule has 0 aliphatic carbocycles. The summed E-state index contributed by atoms with van der Waals surface area (Å²) in [5.41, 5.74) is 1.39. The molecule has 0 spiro atoms. The molecular formula is C20H19F2N5O4S. The molecule has 4 rings (SSSR count). The molecule has 1 saturated heterocycles. The number of hydrogen-bond acceptors (Lipinski definition) is 8. The predicted octanol–water partition coefficient (Wildman–Crippen LogP) is 2.47. The summed E-state index contributed by atoms with van der Waals surface area (Å²) in [6.07, 6.45) is 2.79. The number of aromatic nitrogens is 3. The Hall–Kier alpha value is -3.38. The number of aryl methyl sites for hydroxylation is 1. The molecule has 3 aromatic rings. The van der Waals surface area contributed by atoms with E-state index in [1.54, 1.807) is 6.92 Å². The van der Waals surface area contributed by atoms with E-state index in [0.29, 0.717) is 55.0 Å². The van der Waals surface area contributed by atoms with Crippen LogP contribution >= 0.6 is 0 Å². The summed E-state index contributed by atoms with van der Waals surface area (Å²) in [5, 5.41) is 10.1. The van der Waals surface area contributed by atoms with Crippen molar-refractivity contribution >= 4 is 21.5 Å². The van der Waals surface area contributed by atoms with Crippen molar-refractivity contribution < 1.29 is 27.0 Å². The van der Waals surface area contributed by atoms with Crippen molar-refractivity contribution in [3.05, 3.63) is 54.1 Å². The Bertz CT molecular complexity index is 1270. The molecule has 168 valence electrons. The number of morpholine rings is 1. The van der Waals surface area contributed by atoms with Gasteiger partial charge in [-0.25, -0.2) is 32.2 Å². The second kappa shape index (κ2) is 8.63. The Balaban J connectivity index is 1.74. The molecule has 32 heavy (non-hydrogen) atoms. The Morgan fingerprint density at radius 3 is 2.59 bits per heavy atom. The average Bonchev–Trinajstić information content (AvgIpc) is 2.75. The van der Waals surface area contributed by atoms with Crippen molar-refractivity contribution in [2.75, 3.05) is 35.9 Å². The van der Waals surface area contributed by atoms with Crippen molar-refractivity contribution in [2.45, 2.75) is 11.8 Å². The predicted molar refractivity (Wildman–Crippen MR) is 112 cm³/mol. The summed E-state index contributed by atoms with van der Waals surface area (Å²) in [6.45, 7) is 4.05. The third-order valence-electron chi connectivity index (χ3n) is 4.91. The van der Waals surface area contributed by atoms with Crippen LogP contribution in [0.5, 0.6) is 5.88 Å². The summed E-state index contributed by atoms with van der Waals surface area (Å²) in [7, 11) is -4.47. The van der Waals surface area contributed by atoms with E-state index in [9.17, 15) is 22.3 Å². The zero-order valence-corrected chi connectivity index (χ0v) is 17.7. The van der Waals surface area contributed by atoms with Gasteiger partial charge in [0.25, 0.3) is 10.0 Å². The highest BCUT2D eigenvalue weighted by molar-refractivity contribution is 7.92. The van der Waals surface area contributed by atoms with E-state index >= 15 is 0 Å². The van der Waals surface area contributed by atoms with Crippen LogP contribution in [0.4, 0.5) is 20.3 Å². The first-order chi connectivity index (χ1) is 15.3. The highest BCUT2D eigenvalue weighted by Gasteiger charge is 2.24. The van der Waals surface area contributed by atoms with E-state index in [1.807, 2.05) is 4.90 Å². The van der Waals surface area contributed by atoms with E-state index in [0.717, 1.165) is 12.1 Å². The number of benzene rings is 1. The van der Waals surface area contributed by atoms with Gasteiger partial charge in [0, 0.05) is 36.5 Å². The van der Waals surface area contributed by atoms with Crippen LogP contribution in [0.15, 0.2) is 41.7 Å². The summed E-state index contributed by atoms with van der Waals surface area (Å²) >= 11 is 0. The first-order valence-corrected chi connectivity index (χ1v) is 11.1. The summed E-state index contributed by atoms with van der Waals surface area (Å²) in [4.78, 5) is 13.7. The standard InChI is InChI=1S/C20H19F2N5O4S/c1-12-18(19(25-11-24-12)27-4-6-31-7-5-27)13-8-16(20(28)23-10-13)26-32(29,30)17-3-2-14(21)9-15(17)22/h2-3,8-11,26H,4-7H2,1H3,(H,23,28). The van der Waals surface area contributed by atoms with Crippen LogP contribution < -0.4 is 9.62 Å². The van der Waals surface area contributed by atoms with Crippen LogP contribution in [-0.2, 0) is 14.8 Å². The van der Waals surface area contributed by atoms with Crippen LogP contribution in [0.2, 0.25) is 0 Å². The number of ether oxygens (including phenoxy) is 1. The molecule has 1 aliphatic rings. The molecule has 0 unspecified atom stereocenters. The second-order valence-electron chi connectivity index (χ2n) is 7.03. The van der Waals surface area contributed by atoms with Crippen LogP contribution in [0.1, 0.15) is 5.69 Å². The molecule has 0 atom stereocenters. The van der Waals surface area contributed by atoms with Crippen LogP contribution in [0, 0.1) is 18.6 Å². The Morgan fingerprint density at radius 1 is 1.12 bits per heavy atom. The lowest BCUT2D eigenvalue weighted by Gasteiger charge is -2.29. The highest BCUT2D eigenvalue weighted by Crippen LogP contribution is 2.35. The third kappa shape index (κ3) is 4.32. The van der Waals surface area contributed by atoms with E-state index < -0.39 is 32.4 Å². The molecule has 9 nitrogen and oxygen atoms in total. The van der Waals surface area contributed by atoms with E-state index in [-0.39, 0.29) is 5.69 Å². The van der Waals surface area contributed by atoms with Crippen LogP contribution in [-0.4, -0.2) is 54.8 Å². The summed E-state index contributed by atoms with van der Waals surface area (Å²) < 4.78 is 60.0. The Labute approximate surface area is 182 Å². The van der Waals surface area contributed by atoms with Crippen molar-refractivity contribution in [3.63, 3.8) is 0 Å². The van der Waals surface area contributed by atoms with E-state index in [4.69, 9.17) is 4.74 Å². The summed E-state index contributed by atoms with van der Waals surface area (Å²) in [6, 6.07) is 3.44. The molecular weight excluding hydrogens is 444 g/mol. The zero-order valence-electron chi connectivity index (χ0n) is 16.9. The van der Waals surface area contributed by atoms with Crippen LogP contribution in [0.3, 0.4) is 0 Å². The lowest BCUT2D eigenvalue weighted by Crippen LogP contribution is -2.37. The summed E-state index contributed by atoms with van der Waals surface area (Å²) in [5.74, 6) is -2.17. The smallest absolute Gasteiger partial charge is 0.264 e. The van der Waals surface area contributed by atoms with Gasteiger partial charge in [-0.3, -0.25) is 4.72 Å². The molecule has 1 fully saturated rings. The Kier molecular flexibility index (Phi) is 5.89. The largest absolute Gasteiger partial charge is 0.492 e. The second-order valence-corrected chi connectivity index (χ2v) is 8.68. The number of hydrogen-bond donors (Lipinski definition) is 2. The lowest BCUT2D eigenvalue weighted by atomic mass is 10.1. The molecule has 1 aromatic carbocycles. The fourth-order valence-corrected chi connectivity index (χ4v) is 4.49. The number of anilines is 2. The number of nitrogens with one attached hydrogen (secondary N) is 1.